The van der Waals surface area contributed by atoms with Crippen LogP contribution < -0.4 is 10.6 Å². The highest BCUT2D eigenvalue weighted by atomic mass is 16.2. The van der Waals surface area contributed by atoms with Gasteiger partial charge in [0, 0.05) is 29.2 Å². The van der Waals surface area contributed by atoms with Crippen LogP contribution >= 0.6 is 0 Å². The van der Waals surface area contributed by atoms with Crippen LogP contribution in [0.2, 0.25) is 0 Å². The maximum Gasteiger partial charge on any atom is 0.247 e. The zero-order valence-corrected chi connectivity index (χ0v) is 21.6. The molecule has 190 valence electrons. The Morgan fingerprint density at radius 2 is 1.29 bits per heavy atom. The average molecular weight is 502 g/mol. The molecule has 5 nitrogen and oxygen atoms in total. The van der Waals surface area contributed by atoms with Gasteiger partial charge in [-0.05, 0) is 47.7 Å². The van der Waals surface area contributed by atoms with Gasteiger partial charge in [-0.2, -0.15) is 0 Å². The molecule has 1 heterocycles. The highest BCUT2D eigenvalue weighted by Gasteiger charge is 2.29. The van der Waals surface area contributed by atoms with E-state index in [9.17, 15) is 9.59 Å². The number of benzene rings is 4. The monoisotopic (exact) mass is 501 g/mol. The summed E-state index contributed by atoms with van der Waals surface area (Å²) < 4.78 is 0. The second kappa shape index (κ2) is 11.2. The molecule has 5 aromatic rings. The number of carbonyl (C=O) groups excluding carboxylic acids is 2. The van der Waals surface area contributed by atoms with Crippen LogP contribution in [-0.4, -0.2) is 22.8 Å². The first kappa shape index (κ1) is 25.0. The third-order valence-corrected chi connectivity index (χ3v) is 6.99. The van der Waals surface area contributed by atoms with Crippen LogP contribution in [-0.2, 0) is 16.0 Å². The number of anilines is 1. The summed E-state index contributed by atoms with van der Waals surface area (Å²) in [5.41, 5.74) is 6.43. The molecule has 0 aliphatic carbocycles. The Kier molecular flexibility index (Phi) is 7.36. The molecule has 0 aliphatic heterocycles. The summed E-state index contributed by atoms with van der Waals surface area (Å²) in [6, 6.07) is 32.5. The molecule has 38 heavy (non-hydrogen) atoms. The normalized spacial score (nSPS) is 11.9. The fraction of sp³-hybridized carbons (Fsp3) is 0.152. The van der Waals surface area contributed by atoms with E-state index in [0.717, 1.165) is 44.4 Å². The van der Waals surface area contributed by atoms with Crippen molar-refractivity contribution in [1.29, 1.82) is 0 Å². The van der Waals surface area contributed by atoms with Gasteiger partial charge in [0.25, 0.3) is 0 Å². The molecular weight excluding hydrogens is 470 g/mol. The summed E-state index contributed by atoms with van der Waals surface area (Å²) >= 11 is 0. The summed E-state index contributed by atoms with van der Waals surface area (Å²) in [4.78, 5) is 31.0. The second-order valence-corrected chi connectivity index (χ2v) is 9.64. The van der Waals surface area contributed by atoms with Crippen LogP contribution in [0, 0.1) is 13.8 Å². The average Bonchev–Trinajstić information content (AvgIpc) is 3.34. The molecule has 3 N–H and O–H groups in total. The minimum absolute atomic E-state index is 0.219. The van der Waals surface area contributed by atoms with Crippen molar-refractivity contribution >= 4 is 28.4 Å². The quantitative estimate of drug-likeness (QED) is 0.234. The maximum atomic E-state index is 13.9. The predicted molar refractivity (Wildman–Crippen MR) is 153 cm³/mol. The summed E-state index contributed by atoms with van der Waals surface area (Å²) in [6.07, 6.45) is 2.27. The van der Waals surface area contributed by atoms with Gasteiger partial charge in [0.15, 0.2) is 0 Å². The van der Waals surface area contributed by atoms with E-state index in [2.05, 4.69) is 15.6 Å². The molecule has 1 aromatic heterocycles. The summed E-state index contributed by atoms with van der Waals surface area (Å²) in [5.74, 6) is -1.01. The molecule has 4 aromatic carbocycles. The van der Waals surface area contributed by atoms with E-state index < -0.39 is 12.0 Å². The predicted octanol–water partition coefficient (Wildman–Crippen LogP) is 6.28. The number of rotatable bonds is 8. The van der Waals surface area contributed by atoms with Gasteiger partial charge >= 0.3 is 0 Å². The molecule has 0 bridgehead atoms. The Morgan fingerprint density at radius 3 is 1.92 bits per heavy atom. The largest absolute Gasteiger partial charge is 0.361 e. The Morgan fingerprint density at radius 1 is 0.711 bits per heavy atom. The van der Waals surface area contributed by atoms with Crippen LogP contribution in [0.1, 0.15) is 33.7 Å². The molecule has 2 amide bonds. The van der Waals surface area contributed by atoms with Gasteiger partial charge in [-0.25, -0.2) is 0 Å². The van der Waals surface area contributed by atoms with E-state index in [1.165, 1.54) is 0 Å². The Labute approximate surface area is 222 Å². The first-order valence-electron chi connectivity index (χ1n) is 12.8. The molecule has 0 unspecified atom stereocenters. The third-order valence-electron chi connectivity index (χ3n) is 6.99. The number of hydrogen-bond acceptors (Lipinski definition) is 2. The topological polar surface area (TPSA) is 74.0 Å². The highest BCUT2D eigenvalue weighted by Crippen LogP contribution is 2.26. The van der Waals surface area contributed by atoms with Gasteiger partial charge < -0.3 is 15.6 Å². The van der Waals surface area contributed by atoms with Crippen LogP contribution in [0.25, 0.3) is 10.9 Å². The Balaban J connectivity index is 1.49. The van der Waals surface area contributed by atoms with E-state index >= 15 is 0 Å². The van der Waals surface area contributed by atoms with Crippen molar-refractivity contribution < 1.29 is 9.59 Å². The summed E-state index contributed by atoms with van der Waals surface area (Å²) in [6.45, 7) is 3.94. The molecule has 1 atom stereocenters. The zero-order valence-electron chi connectivity index (χ0n) is 21.6. The van der Waals surface area contributed by atoms with Gasteiger partial charge in [0.2, 0.25) is 11.8 Å². The van der Waals surface area contributed by atoms with E-state index in [4.69, 9.17) is 0 Å². The van der Waals surface area contributed by atoms with E-state index in [-0.39, 0.29) is 11.8 Å². The highest BCUT2D eigenvalue weighted by molar-refractivity contribution is 6.00. The van der Waals surface area contributed by atoms with E-state index in [1.807, 2.05) is 123 Å². The molecule has 0 fully saturated rings. The first-order valence-corrected chi connectivity index (χ1v) is 12.8. The van der Waals surface area contributed by atoms with E-state index in [0.29, 0.717) is 6.42 Å². The fourth-order valence-electron chi connectivity index (χ4n) is 4.99. The number of para-hydroxylation sites is 2. The summed E-state index contributed by atoms with van der Waals surface area (Å²) in [5, 5.41) is 7.25. The summed E-state index contributed by atoms with van der Waals surface area (Å²) in [7, 11) is 0. The van der Waals surface area contributed by atoms with Gasteiger partial charge in [-0.3, -0.25) is 9.59 Å². The van der Waals surface area contributed by atoms with Crippen LogP contribution in [0.15, 0.2) is 109 Å². The number of aromatic amines is 1. The van der Waals surface area contributed by atoms with Crippen molar-refractivity contribution in [2.75, 3.05) is 5.32 Å². The number of aryl methyl sites for hydroxylation is 2. The Bertz CT molecular complexity index is 1500. The SMILES string of the molecule is Cc1cccc(C)c1NC(=O)[C@H](Cc1c[nH]c2ccccc12)NC(=O)C(c1ccccc1)c1ccccc1. The van der Waals surface area contributed by atoms with Crippen molar-refractivity contribution in [3.63, 3.8) is 0 Å². The number of carbonyl (C=O) groups is 2. The lowest BCUT2D eigenvalue weighted by molar-refractivity contribution is -0.126. The van der Waals surface area contributed by atoms with Gasteiger partial charge in [-0.15, -0.1) is 0 Å². The zero-order chi connectivity index (χ0) is 26.5. The number of H-pyrrole nitrogens is 1. The van der Waals surface area contributed by atoms with Gasteiger partial charge in [0.1, 0.15) is 6.04 Å². The Hall–Kier alpha value is -4.64. The first-order chi connectivity index (χ1) is 18.5. The van der Waals surface area contributed by atoms with Crippen LogP contribution in [0.3, 0.4) is 0 Å². The minimum Gasteiger partial charge on any atom is -0.361 e. The molecule has 0 radical (unpaired) electrons. The number of fused-ring (bicyclic) bond motifs is 1. The molecule has 0 saturated heterocycles. The fourth-order valence-corrected chi connectivity index (χ4v) is 4.99. The van der Waals surface area contributed by atoms with Crippen molar-refractivity contribution in [2.45, 2.75) is 32.2 Å². The lowest BCUT2D eigenvalue weighted by atomic mass is 9.90. The van der Waals surface area contributed by atoms with Crippen molar-refractivity contribution in [3.05, 3.63) is 137 Å². The molecule has 0 aliphatic rings. The number of amides is 2. The van der Waals surface area contributed by atoms with Gasteiger partial charge in [0.05, 0.1) is 5.92 Å². The minimum atomic E-state index is -0.782. The van der Waals surface area contributed by atoms with Crippen molar-refractivity contribution in [1.82, 2.24) is 10.3 Å². The molecule has 0 spiro atoms. The van der Waals surface area contributed by atoms with Crippen molar-refractivity contribution in [3.8, 4) is 0 Å². The molecular formula is C33H31N3O2. The number of hydrogen-bond donors (Lipinski definition) is 3. The smallest absolute Gasteiger partial charge is 0.247 e. The van der Waals surface area contributed by atoms with Crippen LogP contribution in [0.4, 0.5) is 5.69 Å². The molecule has 0 saturated carbocycles. The lowest BCUT2D eigenvalue weighted by Gasteiger charge is -2.24. The molecule has 5 rings (SSSR count). The molecule has 5 heteroatoms. The third kappa shape index (κ3) is 5.37. The van der Waals surface area contributed by atoms with Crippen LogP contribution in [0.5, 0.6) is 0 Å². The van der Waals surface area contributed by atoms with E-state index in [1.54, 1.807) is 0 Å². The second-order valence-electron chi connectivity index (χ2n) is 9.64. The van der Waals surface area contributed by atoms with Crippen molar-refractivity contribution in [2.24, 2.45) is 0 Å². The van der Waals surface area contributed by atoms with Gasteiger partial charge in [-0.1, -0.05) is 97.1 Å². The maximum absolute atomic E-state index is 13.9. The lowest BCUT2D eigenvalue weighted by Crippen LogP contribution is -2.47. The number of nitrogens with one attached hydrogen (secondary N) is 3. The number of aromatic nitrogens is 1. The standard InChI is InChI=1S/C33H31N3O2/c1-22-12-11-13-23(2)31(22)36-32(37)29(20-26-21-34-28-19-10-9-18-27(26)28)35-33(38)30(24-14-5-3-6-15-24)25-16-7-4-8-17-25/h3-19,21,29-30,34H,20H2,1-2H3,(H,35,38)(H,36,37)/t29-/m0/s1.